The second kappa shape index (κ2) is 18.1. The number of likely N-dealkylation sites (N-methyl/N-ethyl adjacent to an activating group) is 2. The largest absolute Gasteiger partial charge is 0.316 e. The summed E-state index contributed by atoms with van der Waals surface area (Å²) in [5.41, 5.74) is 0. The van der Waals surface area contributed by atoms with E-state index in [1.165, 1.54) is 97.1 Å². The average Bonchev–Trinajstić information content (AvgIpc) is 2.75. The van der Waals surface area contributed by atoms with Crippen LogP contribution in [0, 0.1) is 0 Å². The molecule has 35 heavy (non-hydrogen) atoms. The molecule has 0 heterocycles. The topological polar surface area (TPSA) is 57.8 Å². The van der Waals surface area contributed by atoms with Gasteiger partial charge in [-0.1, -0.05) is 33.1 Å². The Balaban J connectivity index is 1.18. The third kappa shape index (κ3) is 10.9. The van der Waals surface area contributed by atoms with Crippen LogP contribution in [0.1, 0.15) is 71.6 Å². The van der Waals surface area contributed by atoms with Gasteiger partial charge in [0, 0.05) is 96.7 Å². The van der Waals surface area contributed by atoms with Crippen LogP contribution in [0.4, 0.5) is 0 Å². The summed E-state index contributed by atoms with van der Waals surface area (Å²) >= 11 is 0. The van der Waals surface area contributed by atoms with E-state index in [0.29, 0.717) is 0 Å². The van der Waals surface area contributed by atoms with Crippen molar-refractivity contribution in [3.8, 4) is 0 Å². The zero-order valence-corrected chi connectivity index (χ0v) is 23.3. The second-order valence-electron chi connectivity index (χ2n) is 11.1. The van der Waals surface area contributed by atoms with Gasteiger partial charge in [0.1, 0.15) is 0 Å². The lowest BCUT2D eigenvalue weighted by Crippen LogP contribution is -2.48. The van der Waals surface area contributed by atoms with E-state index in [-0.39, 0.29) is 0 Å². The van der Waals surface area contributed by atoms with E-state index >= 15 is 0 Å². The Hall–Kier alpha value is -0.280. The molecule has 3 aliphatic carbocycles. The maximum Gasteiger partial charge on any atom is 0.0110 e. The molecule has 0 spiro atoms. The molecule has 4 N–H and O–H groups in total. The summed E-state index contributed by atoms with van der Waals surface area (Å²) in [5, 5.41) is 14.6. The Bertz CT molecular complexity index is 508. The molecule has 3 aliphatic rings. The van der Waals surface area contributed by atoms with Gasteiger partial charge in [0.15, 0.2) is 0 Å². The summed E-state index contributed by atoms with van der Waals surface area (Å²) in [7, 11) is 0. The molecule has 7 heteroatoms. The molecule has 0 unspecified atom stereocenters. The summed E-state index contributed by atoms with van der Waals surface area (Å²) in [6.07, 6.45) is 12.7. The Kier molecular flexibility index (Phi) is 15.1. The van der Waals surface area contributed by atoms with E-state index in [4.69, 9.17) is 0 Å². The van der Waals surface area contributed by atoms with Crippen molar-refractivity contribution in [3.63, 3.8) is 0 Å². The quantitative estimate of drug-likeness (QED) is 0.162. The van der Waals surface area contributed by atoms with Gasteiger partial charge < -0.3 is 21.3 Å². The van der Waals surface area contributed by atoms with Crippen molar-refractivity contribution >= 4 is 0 Å². The molecule has 0 radical (unpaired) electrons. The fraction of sp³-hybridized carbons (Fsp3) is 1.00. The van der Waals surface area contributed by atoms with Crippen LogP contribution in [0.25, 0.3) is 0 Å². The van der Waals surface area contributed by atoms with Crippen molar-refractivity contribution in [2.75, 3.05) is 91.6 Å². The molecule has 206 valence electrons. The van der Waals surface area contributed by atoms with Crippen LogP contribution < -0.4 is 21.3 Å². The van der Waals surface area contributed by atoms with Crippen LogP contribution >= 0.6 is 0 Å². The number of hydrogen-bond acceptors (Lipinski definition) is 7. The van der Waals surface area contributed by atoms with Crippen LogP contribution in [0.3, 0.4) is 0 Å². The van der Waals surface area contributed by atoms with Gasteiger partial charge in [-0.3, -0.25) is 14.7 Å². The standard InChI is InChI=1S/C28H59N7/c1-3-29-16-22-34(27-10-6-11-27)24-19-32-20-25-35(28-12-7-13-28)23-18-31-15-14-30-17-21-33(4-2)26-8-5-9-26/h26-32H,3-25H2,1-2H3. The van der Waals surface area contributed by atoms with Crippen LogP contribution in [0.15, 0.2) is 0 Å². The van der Waals surface area contributed by atoms with Gasteiger partial charge in [0.25, 0.3) is 0 Å². The van der Waals surface area contributed by atoms with Crippen LogP contribution in [-0.4, -0.2) is 124 Å². The molecule has 0 aromatic carbocycles. The number of rotatable bonds is 23. The van der Waals surface area contributed by atoms with Crippen molar-refractivity contribution in [1.29, 1.82) is 0 Å². The molecule has 0 aliphatic heterocycles. The molecule has 0 atom stereocenters. The maximum absolute atomic E-state index is 3.76. The van der Waals surface area contributed by atoms with Crippen molar-refractivity contribution in [2.24, 2.45) is 0 Å². The molecule has 0 bridgehead atoms. The molecule has 0 saturated heterocycles. The van der Waals surface area contributed by atoms with E-state index in [2.05, 4.69) is 49.8 Å². The summed E-state index contributed by atoms with van der Waals surface area (Å²) < 4.78 is 0. The highest BCUT2D eigenvalue weighted by Gasteiger charge is 2.25. The highest BCUT2D eigenvalue weighted by molar-refractivity contribution is 4.83. The van der Waals surface area contributed by atoms with Crippen molar-refractivity contribution < 1.29 is 0 Å². The summed E-state index contributed by atoms with van der Waals surface area (Å²) in [4.78, 5) is 8.11. The lowest BCUT2D eigenvalue weighted by molar-refractivity contribution is 0.120. The molecule has 7 nitrogen and oxygen atoms in total. The molecular weight excluding hydrogens is 434 g/mol. The SMILES string of the molecule is CCNCCN(CCNCCN(CCNCCNCCN(CC)C1CCC1)C1CCC1)C1CCC1. The van der Waals surface area contributed by atoms with Crippen LogP contribution in [-0.2, 0) is 0 Å². The highest BCUT2D eigenvalue weighted by atomic mass is 15.2. The van der Waals surface area contributed by atoms with Crippen molar-refractivity contribution in [2.45, 2.75) is 89.8 Å². The lowest BCUT2D eigenvalue weighted by Gasteiger charge is -2.38. The van der Waals surface area contributed by atoms with E-state index in [9.17, 15) is 0 Å². The average molecular weight is 494 g/mol. The Morgan fingerprint density at radius 3 is 1.14 bits per heavy atom. The first-order chi connectivity index (χ1) is 17.3. The van der Waals surface area contributed by atoms with Gasteiger partial charge in [0.2, 0.25) is 0 Å². The van der Waals surface area contributed by atoms with E-state index in [1.54, 1.807) is 0 Å². The Labute approximate surface area is 217 Å². The number of nitrogens with one attached hydrogen (secondary N) is 4. The minimum absolute atomic E-state index is 0.829. The fourth-order valence-corrected chi connectivity index (χ4v) is 5.65. The van der Waals surface area contributed by atoms with Crippen LogP contribution in [0.2, 0.25) is 0 Å². The molecule has 0 aromatic heterocycles. The fourth-order valence-electron chi connectivity index (χ4n) is 5.65. The third-order valence-corrected chi connectivity index (χ3v) is 8.79. The number of hydrogen-bond donors (Lipinski definition) is 4. The van der Waals surface area contributed by atoms with Gasteiger partial charge in [-0.05, 0) is 51.6 Å². The predicted octanol–water partition coefficient (Wildman–Crippen LogP) is 1.95. The van der Waals surface area contributed by atoms with Crippen molar-refractivity contribution in [3.05, 3.63) is 0 Å². The smallest absolute Gasteiger partial charge is 0.0110 e. The van der Waals surface area contributed by atoms with Gasteiger partial charge >= 0.3 is 0 Å². The Morgan fingerprint density at radius 1 is 0.457 bits per heavy atom. The first-order valence-corrected chi connectivity index (χ1v) is 15.4. The minimum Gasteiger partial charge on any atom is -0.316 e. The first kappa shape index (κ1) is 29.3. The summed E-state index contributed by atoms with van der Waals surface area (Å²) in [6.45, 7) is 20.6. The minimum atomic E-state index is 0.829. The zero-order chi connectivity index (χ0) is 24.6. The van der Waals surface area contributed by atoms with Gasteiger partial charge in [-0.2, -0.15) is 0 Å². The first-order valence-electron chi connectivity index (χ1n) is 15.4. The predicted molar refractivity (Wildman–Crippen MR) is 150 cm³/mol. The highest BCUT2D eigenvalue weighted by Crippen LogP contribution is 2.25. The maximum atomic E-state index is 3.76. The molecule has 3 rings (SSSR count). The lowest BCUT2D eigenvalue weighted by atomic mass is 9.91. The molecule has 0 amide bonds. The van der Waals surface area contributed by atoms with E-state index in [0.717, 1.165) is 70.5 Å². The molecule has 3 saturated carbocycles. The second-order valence-corrected chi connectivity index (χ2v) is 11.1. The Morgan fingerprint density at radius 2 is 0.800 bits per heavy atom. The normalized spacial score (nSPS) is 19.5. The van der Waals surface area contributed by atoms with E-state index in [1.807, 2.05) is 0 Å². The molecule has 0 aromatic rings. The van der Waals surface area contributed by atoms with Crippen molar-refractivity contribution in [1.82, 2.24) is 36.0 Å². The monoisotopic (exact) mass is 493 g/mol. The van der Waals surface area contributed by atoms with Gasteiger partial charge in [-0.25, -0.2) is 0 Å². The van der Waals surface area contributed by atoms with Gasteiger partial charge in [-0.15, -0.1) is 0 Å². The summed E-state index contributed by atoms with van der Waals surface area (Å²) in [5.74, 6) is 0. The third-order valence-electron chi connectivity index (χ3n) is 8.79. The van der Waals surface area contributed by atoms with Gasteiger partial charge in [0.05, 0.1) is 0 Å². The van der Waals surface area contributed by atoms with E-state index < -0.39 is 0 Å². The number of nitrogens with zero attached hydrogens (tertiary/aromatic N) is 3. The van der Waals surface area contributed by atoms with Crippen LogP contribution in [0.5, 0.6) is 0 Å². The zero-order valence-electron chi connectivity index (χ0n) is 23.3. The molecular formula is C28H59N7. The summed E-state index contributed by atoms with van der Waals surface area (Å²) in [6, 6.07) is 2.54. The molecule has 3 fully saturated rings.